The van der Waals surface area contributed by atoms with E-state index in [1.165, 1.54) is 24.5 Å². The Morgan fingerprint density at radius 2 is 1.00 bits per heavy atom. The fraction of sp³-hybridized carbons (Fsp3) is 0.429. The Kier molecular flexibility index (Phi) is 14.0. The van der Waals surface area contributed by atoms with Crippen LogP contribution in [0.2, 0.25) is 0 Å². The first-order valence-electron chi connectivity index (χ1n) is 18.6. The molecule has 0 saturated carbocycles. The average Bonchev–Trinajstić information content (AvgIpc) is 3.19. The molecule has 2 aliphatic rings. The molecule has 14 nitrogen and oxygen atoms in total. The summed E-state index contributed by atoms with van der Waals surface area (Å²) in [6.45, 7) is 6.35. The van der Waals surface area contributed by atoms with E-state index in [1.807, 2.05) is 47.2 Å². The van der Waals surface area contributed by atoms with Gasteiger partial charge in [0.25, 0.3) is 0 Å². The molecule has 4 heterocycles. The molecule has 2 aliphatic heterocycles. The van der Waals surface area contributed by atoms with Crippen molar-refractivity contribution in [3.63, 3.8) is 0 Å². The summed E-state index contributed by atoms with van der Waals surface area (Å²) in [5.74, 6) is 0.0480. The van der Waals surface area contributed by atoms with Gasteiger partial charge in [0.2, 0.25) is 0 Å². The number of pyridine rings is 2. The third-order valence-electron chi connectivity index (χ3n) is 10.1. The molecule has 0 unspecified atom stereocenters. The molecule has 0 radical (unpaired) electrons. The first-order chi connectivity index (χ1) is 27.0. The molecule has 2 aromatic heterocycles. The van der Waals surface area contributed by atoms with E-state index >= 15 is 0 Å². The van der Waals surface area contributed by atoms with E-state index in [4.69, 9.17) is 28.4 Å². The van der Waals surface area contributed by atoms with Gasteiger partial charge >= 0.3 is 11.9 Å². The Morgan fingerprint density at radius 3 is 1.32 bits per heavy atom. The molecular weight excluding hydrogens is 724 g/mol. The number of aromatic nitrogens is 2. The number of nitrogens with zero attached hydrogens (tertiary/aromatic N) is 2. The summed E-state index contributed by atoms with van der Waals surface area (Å²) < 4.78 is 36.6. The van der Waals surface area contributed by atoms with Crippen LogP contribution >= 0.6 is 0 Å². The van der Waals surface area contributed by atoms with Gasteiger partial charge in [0.1, 0.15) is 11.1 Å². The molecule has 0 aliphatic carbocycles. The predicted molar refractivity (Wildman–Crippen MR) is 209 cm³/mol. The summed E-state index contributed by atoms with van der Waals surface area (Å²) in [6, 6.07) is 10.6. The van der Waals surface area contributed by atoms with Gasteiger partial charge in [-0.25, -0.2) is 9.59 Å². The lowest BCUT2D eigenvalue weighted by Gasteiger charge is -2.31. The minimum Gasteiger partial charge on any atom is -0.493 e. The molecule has 4 aromatic rings. The molecule has 2 N–H and O–H groups in total. The van der Waals surface area contributed by atoms with Crippen LogP contribution < -0.4 is 29.8 Å². The van der Waals surface area contributed by atoms with E-state index in [1.54, 1.807) is 28.4 Å². The average molecular weight is 775 g/mol. The Bertz CT molecular complexity index is 2020. The standard InChI is InChI=1S/2C21H25NO6/c2*1-4-14-8-13-9-20(28-7-5-6-26-2)19(27-3)10-15(13)17-11-18(23)16(21(24)25)12-22(14)17/h2*9-12,14H,4-8H2,1-3H3,(H,24,25)/t2*14-/m10/s1. The van der Waals surface area contributed by atoms with Gasteiger partial charge in [-0.3, -0.25) is 9.59 Å². The summed E-state index contributed by atoms with van der Waals surface area (Å²) in [6.07, 6.45) is 7.51. The molecule has 300 valence electrons. The van der Waals surface area contributed by atoms with Crippen molar-refractivity contribution in [3.05, 3.63) is 91.5 Å². The molecule has 0 fully saturated rings. The van der Waals surface area contributed by atoms with E-state index in [0.29, 0.717) is 60.8 Å². The lowest BCUT2D eigenvalue weighted by atomic mass is 9.90. The van der Waals surface area contributed by atoms with E-state index in [0.717, 1.165) is 60.8 Å². The zero-order valence-electron chi connectivity index (χ0n) is 32.7. The van der Waals surface area contributed by atoms with Crippen LogP contribution in [-0.4, -0.2) is 86.2 Å². The van der Waals surface area contributed by atoms with Crippen LogP contribution in [0.1, 0.15) is 83.5 Å². The molecule has 2 atom stereocenters. The number of benzene rings is 2. The number of carbonyl (C=O) groups is 2. The number of hydrogen-bond donors (Lipinski definition) is 2. The number of carboxylic acids is 2. The second-order valence-electron chi connectivity index (χ2n) is 13.5. The first-order valence-corrected chi connectivity index (χ1v) is 18.6. The van der Waals surface area contributed by atoms with Crippen LogP contribution in [-0.2, 0) is 22.3 Å². The summed E-state index contributed by atoms with van der Waals surface area (Å²) in [7, 11) is 6.45. The zero-order valence-corrected chi connectivity index (χ0v) is 32.7. The van der Waals surface area contributed by atoms with Gasteiger partial charge in [-0.05, 0) is 61.1 Å². The van der Waals surface area contributed by atoms with E-state index in [-0.39, 0.29) is 23.2 Å². The van der Waals surface area contributed by atoms with Crippen molar-refractivity contribution in [1.29, 1.82) is 0 Å². The Hall–Kier alpha value is -5.60. The molecule has 56 heavy (non-hydrogen) atoms. The maximum Gasteiger partial charge on any atom is 0.341 e. The predicted octanol–water partition coefficient (Wildman–Crippen LogP) is 6.29. The Morgan fingerprint density at radius 1 is 0.607 bits per heavy atom. The lowest BCUT2D eigenvalue weighted by molar-refractivity contribution is 0.0683. The molecule has 0 amide bonds. The molecule has 0 spiro atoms. The third-order valence-corrected chi connectivity index (χ3v) is 10.1. The molecular formula is C42H50N2O12. The molecule has 0 bridgehead atoms. The maximum atomic E-state index is 12.3. The van der Waals surface area contributed by atoms with Crippen molar-refractivity contribution < 1.29 is 48.2 Å². The van der Waals surface area contributed by atoms with Crippen LogP contribution in [0.5, 0.6) is 23.0 Å². The lowest BCUT2D eigenvalue weighted by Crippen LogP contribution is -2.25. The largest absolute Gasteiger partial charge is 0.493 e. The van der Waals surface area contributed by atoms with Crippen molar-refractivity contribution in [1.82, 2.24) is 9.13 Å². The highest BCUT2D eigenvalue weighted by atomic mass is 16.5. The van der Waals surface area contributed by atoms with E-state index in [9.17, 15) is 29.4 Å². The topological polar surface area (TPSA) is 174 Å². The zero-order chi connectivity index (χ0) is 40.5. The highest BCUT2D eigenvalue weighted by Gasteiger charge is 2.28. The molecule has 2 aromatic carbocycles. The number of methoxy groups -OCH3 is 4. The fourth-order valence-corrected chi connectivity index (χ4v) is 7.18. The number of fused-ring (bicyclic) bond motifs is 6. The highest BCUT2D eigenvalue weighted by molar-refractivity contribution is 5.88. The van der Waals surface area contributed by atoms with Crippen molar-refractivity contribution in [2.45, 2.75) is 64.5 Å². The number of ether oxygens (including phenoxy) is 6. The van der Waals surface area contributed by atoms with Gasteiger partial charge in [-0.1, -0.05) is 13.8 Å². The molecule has 14 heteroatoms. The van der Waals surface area contributed by atoms with Gasteiger partial charge in [0, 0.05) is 88.0 Å². The van der Waals surface area contributed by atoms with Crippen LogP contribution in [0.4, 0.5) is 0 Å². The minimum atomic E-state index is -1.21. The van der Waals surface area contributed by atoms with Crippen LogP contribution in [0.25, 0.3) is 22.5 Å². The number of hydrogen-bond acceptors (Lipinski definition) is 10. The molecule has 0 saturated heterocycles. The summed E-state index contributed by atoms with van der Waals surface area (Å²) >= 11 is 0. The van der Waals surface area contributed by atoms with Crippen molar-refractivity contribution in [3.8, 4) is 45.5 Å². The van der Waals surface area contributed by atoms with E-state index < -0.39 is 22.8 Å². The highest BCUT2D eigenvalue weighted by Crippen LogP contribution is 2.43. The number of carboxylic acid groups (broad SMARTS) is 2. The van der Waals surface area contributed by atoms with Gasteiger partial charge in [-0.2, -0.15) is 0 Å². The third kappa shape index (κ3) is 8.92. The number of aromatic carboxylic acids is 2. The van der Waals surface area contributed by atoms with Gasteiger partial charge in [0.15, 0.2) is 33.9 Å². The SMILES string of the molecule is CC[C@@H]1Cc2cc(OCCCOC)c(OC)cc2-c2cc(=O)c(C(=O)O)cn21.CC[C@H]1Cc2cc(OCCCOC)c(OC)cc2-c2cc(=O)c(C(=O)O)cn21. The second kappa shape index (κ2) is 18.8. The smallest absolute Gasteiger partial charge is 0.341 e. The normalized spacial score (nSPS) is 14.9. The molecule has 6 rings (SSSR count). The Balaban J connectivity index is 0.000000214. The summed E-state index contributed by atoms with van der Waals surface area (Å²) in [4.78, 5) is 47.4. The fourth-order valence-electron chi connectivity index (χ4n) is 7.18. The van der Waals surface area contributed by atoms with Crippen molar-refractivity contribution in [2.75, 3.05) is 54.9 Å². The van der Waals surface area contributed by atoms with Crippen LogP contribution in [0, 0.1) is 0 Å². The second-order valence-corrected chi connectivity index (χ2v) is 13.5. The minimum absolute atomic E-state index is 0.0657. The first kappa shape index (κ1) is 41.6. The number of rotatable bonds is 16. The van der Waals surface area contributed by atoms with Crippen molar-refractivity contribution in [2.24, 2.45) is 0 Å². The Labute approximate surface area is 325 Å². The van der Waals surface area contributed by atoms with Crippen LogP contribution in [0.3, 0.4) is 0 Å². The van der Waals surface area contributed by atoms with Gasteiger partial charge in [-0.15, -0.1) is 0 Å². The van der Waals surface area contributed by atoms with E-state index in [2.05, 4.69) is 0 Å². The summed E-state index contributed by atoms with van der Waals surface area (Å²) in [5, 5.41) is 18.6. The van der Waals surface area contributed by atoms with Crippen molar-refractivity contribution >= 4 is 11.9 Å². The summed E-state index contributed by atoms with van der Waals surface area (Å²) in [5.41, 5.74) is 3.81. The van der Waals surface area contributed by atoms with Gasteiger partial charge < -0.3 is 47.8 Å². The van der Waals surface area contributed by atoms with Gasteiger partial charge in [0.05, 0.1) is 38.8 Å². The monoisotopic (exact) mass is 774 g/mol. The maximum absolute atomic E-state index is 12.3. The van der Waals surface area contributed by atoms with Crippen LogP contribution in [0.15, 0.2) is 58.4 Å². The quantitative estimate of drug-likeness (QED) is 0.122.